The van der Waals surface area contributed by atoms with Gasteiger partial charge in [-0.05, 0) is 35.4 Å². The highest BCUT2D eigenvalue weighted by Gasteiger charge is 2.21. The molecule has 2 N–H and O–H groups in total. The third-order valence-corrected chi connectivity index (χ3v) is 5.05. The van der Waals surface area contributed by atoms with Crippen molar-refractivity contribution >= 4 is 11.7 Å². The largest absolute Gasteiger partial charge is 0.353 e. The zero-order chi connectivity index (χ0) is 20.1. The summed E-state index contributed by atoms with van der Waals surface area (Å²) in [4.78, 5) is 19.1. The number of anilines is 1. The Kier molecular flexibility index (Phi) is 5.81. The summed E-state index contributed by atoms with van der Waals surface area (Å²) in [5.74, 6) is 0.317. The van der Waals surface area contributed by atoms with Crippen LogP contribution in [0.15, 0.2) is 72.9 Å². The van der Waals surface area contributed by atoms with Crippen LogP contribution in [0.3, 0.4) is 0 Å². The van der Waals surface area contributed by atoms with Crippen LogP contribution in [0.4, 0.5) is 10.2 Å². The zero-order valence-corrected chi connectivity index (χ0v) is 16.0. The van der Waals surface area contributed by atoms with E-state index in [1.54, 1.807) is 24.4 Å². The van der Waals surface area contributed by atoms with Gasteiger partial charge in [-0.3, -0.25) is 4.79 Å². The predicted molar refractivity (Wildman–Crippen MR) is 111 cm³/mol. The maximum absolute atomic E-state index is 13.2. The Morgan fingerprint density at radius 1 is 1.14 bits per heavy atom. The van der Waals surface area contributed by atoms with Gasteiger partial charge in [0.2, 0.25) is 0 Å². The Morgan fingerprint density at radius 3 is 2.76 bits per heavy atom. The van der Waals surface area contributed by atoms with Gasteiger partial charge in [-0.25, -0.2) is 9.37 Å². The molecule has 0 bridgehead atoms. The Labute approximate surface area is 169 Å². The van der Waals surface area contributed by atoms with Gasteiger partial charge >= 0.3 is 0 Å². The maximum atomic E-state index is 13.2. The number of rotatable bonds is 5. The van der Waals surface area contributed by atoms with E-state index in [9.17, 15) is 9.18 Å². The Balaban J connectivity index is 1.37. The lowest BCUT2D eigenvalue weighted by Gasteiger charge is -2.34. The minimum atomic E-state index is -0.312. The normalized spacial score (nSPS) is 16.4. The van der Waals surface area contributed by atoms with Crippen LogP contribution in [0.2, 0.25) is 0 Å². The van der Waals surface area contributed by atoms with Crippen LogP contribution in [0.5, 0.6) is 0 Å². The number of carbonyl (C=O) groups excluding carboxylic acids is 1. The molecule has 2 aromatic carbocycles. The molecule has 0 saturated carbocycles. The van der Waals surface area contributed by atoms with Gasteiger partial charge in [0.15, 0.2) is 0 Å². The van der Waals surface area contributed by atoms with Crippen LogP contribution in [0.25, 0.3) is 0 Å². The summed E-state index contributed by atoms with van der Waals surface area (Å²) in [5.41, 5.74) is 2.46. The second-order valence-electron chi connectivity index (χ2n) is 7.08. The van der Waals surface area contributed by atoms with Crippen molar-refractivity contribution in [3.05, 3.63) is 95.4 Å². The van der Waals surface area contributed by atoms with Gasteiger partial charge in [0.05, 0.1) is 5.56 Å². The molecule has 0 radical (unpaired) electrons. The van der Waals surface area contributed by atoms with Crippen molar-refractivity contribution in [2.24, 2.45) is 0 Å². The van der Waals surface area contributed by atoms with Crippen molar-refractivity contribution in [1.82, 2.24) is 15.6 Å². The lowest BCUT2D eigenvalue weighted by atomic mass is 10.0. The molecule has 2 heterocycles. The van der Waals surface area contributed by atoms with Crippen molar-refractivity contribution in [1.29, 1.82) is 0 Å². The zero-order valence-electron chi connectivity index (χ0n) is 16.0. The third kappa shape index (κ3) is 4.78. The van der Waals surface area contributed by atoms with E-state index < -0.39 is 0 Å². The van der Waals surface area contributed by atoms with E-state index in [0.717, 1.165) is 31.0 Å². The topological polar surface area (TPSA) is 57.3 Å². The number of hydrogen-bond donors (Lipinski definition) is 2. The molecule has 1 saturated heterocycles. The van der Waals surface area contributed by atoms with Gasteiger partial charge in [0.25, 0.3) is 5.91 Å². The van der Waals surface area contributed by atoms with Crippen LogP contribution in [0.1, 0.15) is 27.5 Å². The van der Waals surface area contributed by atoms with Crippen LogP contribution < -0.4 is 15.5 Å². The number of amides is 1. The number of aromatic nitrogens is 1. The first kappa shape index (κ1) is 19.1. The van der Waals surface area contributed by atoms with Gasteiger partial charge in [-0.15, -0.1) is 0 Å². The van der Waals surface area contributed by atoms with Crippen molar-refractivity contribution in [2.75, 3.05) is 24.5 Å². The van der Waals surface area contributed by atoms with Crippen LogP contribution in [-0.4, -0.2) is 30.5 Å². The molecule has 3 aromatic rings. The summed E-state index contributed by atoms with van der Waals surface area (Å²) in [5, 5.41) is 6.34. The monoisotopic (exact) mass is 390 g/mol. The Bertz CT molecular complexity index is 962. The number of halogens is 1. The number of hydrogen-bond acceptors (Lipinski definition) is 4. The standard InChI is InChI=1S/C23H23FN4O/c24-20-8-4-5-17(13-20)14-27-23(29)19-9-10-22(26-15-19)28-12-11-25-21(16-28)18-6-2-1-3-7-18/h1-10,13,15,21,25H,11-12,14,16H2,(H,27,29). The van der Waals surface area contributed by atoms with E-state index in [1.165, 1.54) is 17.7 Å². The SMILES string of the molecule is O=C(NCc1cccc(F)c1)c1ccc(N2CCNC(c3ccccc3)C2)nc1. The average molecular weight is 390 g/mol. The molecule has 148 valence electrons. The molecule has 1 aliphatic rings. The number of benzene rings is 2. The highest BCUT2D eigenvalue weighted by Crippen LogP contribution is 2.21. The first-order valence-corrected chi connectivity index (χ1v) is 9.71. The van der Waals surface area contributed by atoms with E-state index in [1.807, 2.05) is 24.3 Å². The number of piperazine rings is 1. The predicted octanol–water partition coefficient (Wildman–Crippen LogP) is 3.30. The van der Waals surface area contributed by atoms with Crippen molar-refractivity contribution in [2.45, 2.75) is 12.6 Å². The average Bonchev–Trinajstić information content (AvgIpc) is 2.78. The van der Waals surface area contributed by atoms with E-state index >= 15 is 0 Å². The summed E-state index contributed by atoms with van der Waals surface area (Å²) in [6.45, 7) is 2.83. The molecule has 5 nitrogen and oxygen atoms in total. The molecule has 4 rings (SSSR count). The molecule has 29 heavy (non-hydrogen) atoms. The first-order chi connectivity index (χ1) is 14.2. The number of carbonyl (C=O) groups is 1. The third-order valence-electron chi connectivity index (χ3n) is 5.05. The molecular formula is C23H23FN4O. The molecule has 1 aliphatic heterocycles. The molecule has 6 heteroatoms. The van der Waals surface area contributed by atoms with Crippen molar-refractivity contribution < 1.29 is 9.18 Å². The molecule has 1 fully saturated rings. The fourth-order valence-corrected chi connectivity index (χ4v) is 3.51. The second-order valence-corrected chi connectivity index (χ2v) is 7.08. The molecule has 1 aromatic heterocycles. The smallest absolute Gasteiger partial charge is 0.253 e. The van der Waals surface area contributed by atoms with Crippen LogP contribution >= 0.6 is 0 Å². The number of nitrogens with zero attached hydrogens (tertiary/aromatic N) is 2. The Morgan fingerprint density at radius 2 is 2.00 bits per heavy atom. The van der Waals surface area contributed by atoms with Gasteiger partial charge in [0.1, 0.15) is 11.6 Å². The number of nitrogens with one attached hydrogen (secondary N) is 2. The lowest BCUT2D eigenvalue weighted by Crippen LogP contribution is -2.46. The van der Waals surface area contributed by atoms with E-state index in [-0.39, 0.29) is 24.3 Å². The van der Waals surface area contributed by atoms with Gasteiger partial charge < -0.3 is 15.5 Å². The van der Waals surface area contributed by atoms with E-state index in [4.69, 9.17) is 0 Å². The molecular weight excluding hydrogens is 367 g/mol. The summed E-state index contributed by atoms with van der Waals surface area (Å²) < 4.78 is 13.2. The van der Waals surface area contributed by atoms with E-state index in [0.29, 0.717) is 5.56 Å². The maximum Gasteiger partial charge on any atom is 0.253 e. The molecule has 0 spiro atoms. The van der Waals surface area contributed by atoms with Crippen LogP contribution in [0, 0.1) is 5.82 Å². The van der Waals surface area contributed by atoms with Gasteiger partial charge in [0, 0.05) is 38.4 Å². The summed E-state index contributed by atoms with van der Waals surface area (Å²) in [6.07, 6.45) is 1.59. The minimum absolute atomic E-state index is 0.226. The Hall–Kier alpha value is -3.25. The summed E-state index contributed by atoms with van der Waals surface area (Å²) in [7, 11) is 0. The first-order valence-electron chi connectivity index (χ1n) is 9.71. The molecule has 0 aliphatic carbocycles. The quantitative estimate of drug-likeness (QED) is 0.702. The second kappa shape index (κ2) is 8.84. The highest BCUT2D eigenvalue weighted by molar-refractivity contribution is 5.94. The van der Waals surface area contributed by atoms with E-state index in [2.05, 4.69) is 32.7 Å². The van der Waals surface area contributed by atoms with Crippen molar-refractivity contribution in [3.8, 4) is 0 Å². The fraction of sp³-hybridized carbons (Fsp3) is 0.217. The van der Waals surface area contributed by atoms with Gasteiger partial charge in [-0.1, -0.05) is 42.5 Å². The molecule has 1 amide bonds. The molecule has 1 unspecified atom stereocenters. The van der Waals surface area contributed by atoms with Crippen molar-refractivity contribution in [3.63, 3.8) is 0 Å². The summed E-state index contributed by atoms with van der Waals surface area (Å²) >= 11 is 0. The minimum Gasteiger partial charge on any atom is -0.353 e. The highest BCUT2D eigenvalue weighted by atomic mass is 19.1. The fourth-order valence-electron chi connectivity index (χ4n) is 3.51. The molecule has 1 atom stereocenters. The van der Waals surface area contributed by atoms with Crippen LogP contribution in [-0.2, 0) is 6.54 Å². The van der Waals surface area contributed by atoms with Gasteiger partial charge in [-0.2, -0.15) is 0 Å². The lowest BCUT2D eigenvalue weighted by molar-refractivity contribution is 0.0950. The number of pyridine rings is 1. The summed E-state index contributed by atoms with van der Waals surface area (Å²) in [6, 6.07) is 20.5.